The zero-order chi connectivity index (χ0) is 14.1. The Morgan fingerprint density at radius 3 is 2.95 bits per heavy atom. The number of hydrogen-bond donors (Lipinski definition) is 1. The van der Waals surface area contributed by atoms with Crippen molar-refractivity contribution in [2.45, 2.75) is 12.8 Å². The first-order chi connectivity index (χ1) is 9.66. The Balaban J connectivity index is 2.23. The number of nitrogen functional groups attached to an aromatic ring is 1. The number of aryl methyl sites for hydroxylation is 1. The molecular formula is C14H13N3O3. The molecule has 1 aromatic carbocycles. The summed E-state index contributed by atoms with van der Waals surface area (Å²) in [6, 6.07) is 8.41. The molecule has 1 aromatic heterocycles. The number of aromatic nitrogens is 1. The summed E-state index contributed by atoms with van der Waals surface area (Å²) >= 11 is 0. The van der Waals surface area contributed by atoms with Gasteiger partial charge in [-0.05, 0) is 30.5 Å². The molecule has 6 heteroatoms. The number of benzene rings is 1. The van der Waals surface area contributed by atoms with E-state index in [2.05, 4.69) is 4.98 Å². The van der Waals surface area contributed by atoms with Crippen molar-refractivity contribution in [3.8, 4) is 17.0 Å². The van der Waals surface area contributed by atoms with Gasteiger partial charge in [0, 0.05) is 11.6 Å². The molecule has 0 spiro atoms. The number of hydrogen-bond acceptors (Lipinski definition) is 5. The summed E-state index contributed by atoms with van der Waals surface area (Å²) < 4.78 is 5.68. The molecule has 102 valence electrons. The van der Waals surface area contributed by atoms with Crippen LogP contribution in [0, 0.1) is 10.1 Å². The molecule has 0 saturated heterocycles. The van der Waals surface area contributed by atoms with E-state index < -0.39 is 4.92 Å². The van der Waals surface area contributed by atoms with Crippen LogP contribution in [0.2, 0.25) is 0 Å². The minimum absolute atomic E-state index is 0.0678. The molecule has 3 rings (SSSR count). The highest BCUT2D eigenvalue weighted by Gasteiger charge is 2.23. The number of ether oxygens (including phenoxy) is 1. The summed E-state index contributed by atoms with van der Waals surface area (Å²) in [7, 11) is 0. The van der Waals surface area contributed by atoms with Crippen molar-refractivity contribution < 1.29 is 9.66 Å². The number of nitro groups is 1. The highest BCUT2D eigenvalue weighted by Crippen LogP contribution is 2.39. The Bertz CT molecular complexity index is 685. The van der Waals surface area contributed by atoms with Gasteiger partial charge < -0.3 is 10.5 Å². The van der Waals surface area contributed by atoms with Gasteiger partial charge in [-0.2, -0.15) is 0 Å². The predicted molar refractivity (Wildman–Crippen MR) is 74.6 cm³/mol. The van der Waals surface area contributed by atoms with Gasteiger partial charge in [-0.15, -0.1) is 0 Å². The first kappa shape index (κ1) is 12.4. The van der Waals surface area contributed by atoms with Crippen molar-refractivity contribution in [1.29, 1.82) is 0 Å². The van der Waals surface area contributed by atoms with E-state index in [0.29, 0.717) is 17.9 Å². The average Bonchev–Trinajstić information content (AvgIpc) is 2.46. The number of nitrogens with two attached hydrogens (primary N) is 1. The molecule has 1 aliphatic heterocycles. The van der Waals surface area contributed by atoms with Crippen molar-refractivity contribution >= 4 is 11.5 Å². The highest BCUT2D eigenvalue weighted by molar-refractivity contribution is 5.77. The second kappa shape index (κ2) is 4.80. The summed E-state index contributed by atoms with van der Waals surface area (Å²) in [6.45, 7) is 0.611. The van der Waals surface area contributed by atoms with E-state index in [1.807, 2.05) is 12.1 Å². The average molecular weight is 271 g/mol. The number of fused-ring (bicyclic) bond motifs is 1. The molecular weight excluding hydrogens is 258 g/mol. The molecule has 0 saturated carbocycles. The number of nitrogens with zero attached hydrogens (tertiary/aromatic N) is 2. The van der Waals surface area contributed by atoms with E-state index in [1.54, 1.807) is 6.07 Å². The maximum Gasteiger partial charge on any atom is 0.295 e. The van der Waals surface area contributed by atoms with Crippen molar-refractivity contribution in [3.63, 3.8) is 0 Å². The maximum atomic E-state index is 11.2. The van der Waals surface area contributed by atoms with Crippen LogP contribution in [-0.2, 0) is 6.42 Å². The minimum atomic E-state index is -0.454. The van der Waals surface area contributed by atoms with Gasteiger partial charge in [-0.25, -0.2) is 4.98 Å². The number of anilines is 1. The maximum absolute atomic E-state index is 11.2. The lowest BCUT2D eigenvalue weighted by Gasteiger charge is -2.20. The Hall–Kier alpha value is -2.63. The summed E-state index contributed by atoms with van der Waals surface area (Å²) in [5.41, 5.74) is 7.53. The van der Waals surface area contributed by atoms with Crippen molar-refractivity contribution in [2.24, 2.45) is 0 Å². The van der Waals surface area contributed by atoms with Gasteiger partial charge in [0.1, 0.15) is 11.6 Å². The summed E-state index contributed by atoms with van der Waals surface area (Å²) in [5.74, 6) is 0.930. The minimum Gasteiger partial charge on any atom is -0.493 e. The molecule has 0 atom stereocenters. The van der Waals surface area contributed by atoms with Crippen molar-refractivity contribution in [2.75, 3.05) is 12.3 Å². The van der Waals surface area contributed by atoms with E-state index >= 15 is 0 Å². The third kappa shape index (κ3) is 2.05. The Labute approximate surface area is 115 Å². The molecule has 0 aliphatic carbocycles. The van der Waals surface area contributed by atoms with Crippen LogP contribution in [0.3, 0.4) is 0 Å². The smallest absolute Gasteiger partial charge is 0.295 e. The van der Waals surface area contributed by atoms with Crippen LogP contribution in [0.15, 0.2) is 30.3 Å². The van der Waals surface area contributed by atoms with E-state index in [-0.39, 0.29) is 17.2 Å². The van der Waals surface area contributed by atoms with E-state index in [0.717, 1.165) is 18.4 Å². The number of rotatable bonds is 2. The van der Waals surface area contributed by atoms with Crippen LogP contribution < -0.4 is 10.5 Å². The summed E-state index contributed by atoms with van der Waals surface area (Å²) in [4.78, 5) is 14.8. The fourth-order valence-corrected chi connectivity index (χ4v) is 2.39. The van der Waals surface area contributed by atoms with Gasteiger partial charge in [0.15, 0.2) is 5.69 Å². The molecule has 0 bridgehead atoms. The van der Waals surface area contributed by atoms with Gasteiger partial charge >= 0.3 is 0 Å². The van der Waals surface area contributed by atoms with Gasteiger partial charge in [0.25, 0.3) is 5.69 Å². The standard InChI is InChI=1S/C14H13N3O3/c15-12-7-6-11(17(18)19)13(16-12)10-5-1-3-9-4-2-8-20-14(9)10/h1,3,5-7H,2,4,8H2,(H2,15,16). The fraction of sp³-hybridized carbons (Fsp3) is 0.214. The highest BCUT2D eigenvalue weighted by atomic mass is 16.6. The SMILES string of the molecule is Nc1ccc([N+](=O)[O-])c(-c2cccc3c2OCCC3)n1. The molecule has 0 amide bonds. The van der Waals surface area contributed by atoms with E-state index in [1.165, 1.54) is 12.1 Å². The van der Waals surface area contributed by atoms with Gasteiger partial charge in [-0.1, -0.05) is 12.1 Å². The lowest BCUT2D eigenvalue weighted by molar-refractivity contribution is -0.384. The molecule has 6 nitrogen and oxygen atoms in total. The van der Waals surface area contributed by atoms with Crippen LogP contribution in [0.25, 0.3) is 11.3 Å². The molecule has 0 radical (unpaired) electrons. The summed E-state index contributed by atoms with van der Waals surface area (Å²) in [5, 5.41) is 11.2. The summed E-state index contributed by atoms with van der Waals surface area (Å²) in [6.07, 6.45) is 1.85. The van der Waals surface area contributed by atoms with Crippen LogP contribution in [0.4, 0.5) is 11.5 Å². The zero-order valence-corrected chi connectivity index (χ0v) is 10.7. The van der Waals surface area contributed by atoms with E-state index in [9.17, 15) is 10.1 Å². The van der Waals surface area contributed by atoms with Gasteiger partial charge in [-0.3, -0.25) is 10.1 Å². The fourth-order valence-electron chi connectivity index (χ4n) is 2.39. The zero-order valence-electron chi connectivity index (χ0n) is 10.7. The molecule has 2 N–H and O–H groups in total. The van der Waals surface area contributed by atoms with Crippen LogP contribution >= 0.6 is 0 Å². The molecule has 0 unspecified atom stereocenters. The second-order valence-corrected chi connectivity index (χ2v) is 4.61. The monoisotopic (exact) mass is 271 g/mol. The van der Waals surface area contributed by atoms with Crippen molar-refractivity contribution in [3.05, 3.63) is 46.0 Å². The van der Waals surface area contributed by atoms with Crippen LogP contribution in [0.1, 0.15) is 12.0 Å². The topological polar surface area (TPSA) is 91.3 Å². The lowest BCUT2D eigenvalue weighted by Crippen LogP contribution is -2.10. The Morgan fingerprint density at radius 2 is 2.15 bits per heavy atom. The Morgan fingerprint density at radius 1 is 1.30 bits per heavy atom. The molecule has 1 aliphatic rings. The largest absolute Gasteiger partial charge is 0.493 e. The number of para-hydroxylation sites is 1. The van der Waals surface area contributed by atoms with Gasteiger partial charge in [0.2, 0.25) is 0 Å². The van der Waals surface area contributed by atoms with E-state index in [4.69, 9.17) is 10.5 Å². The molecule has 2 heterocycles. The first-order valence-corrected chi connectivity index (χ1v) is 6.33. The van der Waals surface area contributed by atoms with Crippen molar-refractivity contribution in [1.82, 2.24) is 4.98 Å². The van der Waals surface area contributed by atoms with Crippen LogP contribution in [0.5, 0.6) is 5.75 Å². The lowest BCUT2D eigenvalue weighted by atomic mass is 9.99. The predicted octanol–water partition coefficient (Wildman–Crippen LogP) is 2.56. The normalized spacial score (nSPS) is 13.4. The third-order valence-electron chi connectivity index (χ3n) is 3.28. The second-order valence-electron chi connectivity index (χ2n) is 4.61. The Kier molecular flexibility index (Phi) is 2.98. The van der Waals surface area contributed by atoms with Crippen LogP contribution in [-0.4, -0.2) is 16.5 Å². The molecule has 20 heavy (non-hydrogen) atoms. The first-order valence-electron chi connectivity index (χ1n) is 6.33. The quantitative estimate of drug-likeness (QED) is 0.669. The van der Waals surface area contributed by atoms with Gasteiger partial charge in [0.05, 0.1) is 11.5 Å². The molecule has 0 fully saturated rings. The third-order valence-corrected chi connectivity index (χ3v) is 3.28. The molecule has 2 aromatic rings. The number of pyridine rings is 1.